The lowest BCUT2D eigenvalue weighted by atomic mass is 10.3. The van der Waals surface area contributed by atoms with Gasteiger partial charge >= 0.3 is 0 Å². The second kappa shape index (κ2) is 5.94. The summed E-state index contributed by atoms with van der Waals surface area (Å²) in [7, 11) is -7.21. The topological polar surface area (TPSA) is 115 Å². The van der Waals surface area contributed by atoms with E-state index in [0.29, 0.717) is 0 Å². The van der Waals surface area contributed by atoms with Gasteiger partial charge in [0.1, 0.15) is 0 Å². The van der Waals surface area contributed by atoms with Gasteiger partial charge < -0.3 is 0 Å². The monoisotopic (exact) mass is 348 g/mol. The molecular formula is C12H16N2O6S2. The number of nitrogens with zero attached hydrogens (tertiary/aromatic N) is 2. The van der Waals surface area contributed by atoms with Crippen LogP contribution in [0.4, 0.5) is 5.69 Å². The quantitative estimate of drug-likeness (QED) is 0.574. The molecule has 1 atom stereocenters. The number of sulfone groups is 1. The summed E-state index contributed by atoms with van der Waals surface area (Å²) in [5, 5.41) is 10.8. The predicted octanol–water partition coefficient (Wildman–Crippen LogP) is 0.793. The Morgan fingerprint density at radius 2 is 2.09 bits per heavy atom. The molecule has 0 bridgehead atoms. The van der Waals surface area contributed by atoms with Gasteiger partial charge in [0, 0.05) is 24.7 Å². The zero-order valence-electron chi connectivity index (χ0n) is 11.9. The van der Waals surface area contributed by atoms with Gasteiger partial charge in [0.25, 0.3) is 5.69 Å². The van der Waals surface area contributed by atoms with Crippen molar-refractivity contribution in [1.82, 2.24) is 4.31 Å². The summed E-state index contributed by atoms with van der Waals surface area (Å²) in [6.45, 7) is 1.71. The summed E-state index contributed by atoms with van der Waals surface area (Å²) >= 11 is 0. The smallest absolute Gasteiger partial charge is 0.258 e. The Bertz CT molecular complexity index is 788. The van der Waals surface area contributed by atoms with Gasteiger partial charge in [-0.25, -0.2) is 16.8 Å². The summed E-state index contributed by atoms with van der Waals surface area (Å²) in [4.78, 5) is 9.91. The SMILES string of the molecule is CCN([C@H]1CCS(=O)(=O)C1)S(=O)(=O)c1cccc([N+](=O)[O-])c1. The van der Waals surface area contributed by atoms with Gasteiger partial charge in [0.05, 0.1) is 21.3 Å². The number of non-ortho nitro benzene ring substituents is 1. The molecule has 1 aromatic rings. The molecule has 0 radical (unpaired) electrons. The fourth-order valence-corrected chi connectivity index (χ4v) is 6.05. The third kappa shape index (κ3) is 3.28. The number of hydrogen-bond donors (Lipinski definition) is 0. The summed E-state index contributed by atoms with van der Waals surface area (Å²) in [6.07, 6.45) is 0.240. The molecule has 0 aromatic heterocycles. The van der Waals surface area contributed by atoms with Crippen LogP contribution in [0.5, 0.6) is 0 Å². The maximum Gasteiger partial charge on any atom is 0.270 e. The first kappa shape index (κ1) is 16.8. The Hall–Kier alpha value is -1.52. The molecule has 22 heavy (non-hydrogen) atoms. The van der Waals surface area contributed by atoms with E-state index >= 15 is 0 Å². The van der Waals surface area contributed by atoms with Crippen molar-refractivity contribution in [3.63, 3.8) is 0 Å². The second-order valence-corrected chi connectivity index (χ2v) is 9.14. The molecule has 1 aliphatic heterocycles. The Labute approximate surface area is 128 Å². The first-order valence-electron chi connectivity index (χ1n) is 6.64. The van der Waals surface area contributed by atoms with Crippen molar-refractivity contribution in [1.29, 1.82) is 0 Å². The van der Waals surface area contributed by atoms with Crippen LogP contribution in [0.1, 0.15) is 13.3 Å². The molecule has 0 saturated carbocycles. The normalized spacial score (nSPS) is 21.1. The summed E-state index contributed by atoms with van der Waals surface area (Å²) in [5.74, 6) is -0.256. The van der Waals surface area contributed by atoms with Crippen LogP contribution in [0.25, 0.3) is 0 Å². The minimum atomic E-state index is -3.98. The van der Waals surface area contributed by atoms with Crippen LogP contribution in [0.15, 0.2) is 29.2 Å². The van der Waals surface area contributed by atoms with Crippen molar-refractivity contribution in [2.75, 3.05) is 18.1 Å². The van der Waals surface area contributed by atoms with Crippen LogP contribution < -0.4 is 0 Å². The van der Waals surface area contributed by atoms with Crippen LogP contribution in [0.2, 0.25) is 0 Å². The number of nitro benzene ring substituents is 1. The maximum atomic E-state index is 12.6. The van der Waals surface area contributed by atoms with E-state index < -0.39 is 30.8 Å². The van der Waals surface area contributed by atoms with E-state index in [-0.39, 0.29) is 35.1 Å². The standard InChI is InChI=1S/C12H16N2O6S2/c1-2-13(11-6-7-21(17,18)9-11)22(19,20)12-5-3-4-10(8-12)14(15)16/h3-5,8,11H,2,6-7,9H2,1H3/t11-/m0/s1. The van der Waals surface area contributed by atoms with Crippen LogP contribution >= 0.6 is 0 Å². The lowest BCUT2D eigenvalue weighted by molar-refractivity contribution is -0.385. The molecule has 0 spiro atoms. The molecule has 0 unspecified atom stereocenters. The third-order valence-electron chi connectivity index (χ3n) is 3.56. The molecule has 1 aromatic carbocycles. The minimum Gasteiger partial charge on any atom is -0.258 e. The highest BCUT2D eigenvalue weighted by Crippen LogP contribution is 2.26. The highest BCUT2D eigenvalue weighted by atomic mass is 32.2. The van der Waals surface area contributed by atoms with E-state index in [1.165, 1.54) is 18.2 Å². The number of benzene rings is 1. The maximum absolute atomic E-state index is 12.6. The highest BCUT2D eigenvalue weighted by molar-refractivity contribution is 7.92. The van der Waals surface area contributed by atoms with Crippen molar-refractivity contribution in [3.8, 4) is 0 Å². The van der Waals surface area contributed by atoms with Crippen LogP contribution in [0, 0.1) is 10.1 Å². The molecule has 1 heterocycles. The molecule has 2 rings (SSSR count). The predicted molar refractivity (Wildman–Crippen MR) is 79.7 cm³/mol. The molecule has 8 nitrogen and oxygen atoms in total. The van der Waals surface area contributed by atoms with E-state index in [1.54, 1.807) is 6.92 Å². The first-order chi connectivity index (χ1) is 10.2. The molecule has 1 aliphatic rings. The Kier molecular flexibility index (Phi) is 4.54. The molecule has 10 heteroatoms. The molecule has 1 saturated heterocycles. The summed E-state index contributed by atoms with van der Waals surface area (Å²) in [6, 6.07) is 4.13. The molecule has 1 fully saturated rings. The lowest BCUT2D eigenvalue weighted by Crippen LogP contribution is -2.40. The zero-order chi connectivity index (χ0) is 16.5. The molecule has 0 N–H and O–H groups in total. The Morgan fingerprint density at radius 3 is 2.59 bits per heavy atom. The van der Waals surface area contributed by atoms with Gasteiger partial charge in [-0.3, -0.25) is 10.1 Å². The number of rotatable bonds is 5. The molecule has 0 aliphatic carbocycles. The Balaban J connectivity index is 2.39. The van der Waals surface area contributed by atoms with Crippen LogP contribution in [-0.4, -0.2) is 50.2 Å². The van der Waals surface area contributed by atoms with Crippen molar-refractivity contribution >= 4 is 25.5 Å². The van der Waals surface area contributed by atoms with Crippen molar-refractivity contribution in [3.05, 3.63) is 34.4 Å². The number of hydrogen-bond acceptors (Lipinski definition) is 6. The van der Waals surface area contributed by atoms with Gasteiger partial charge in [0.15, 0.2) is 9.84 Å². The van der Waals surface area contributed by atoms with Gasteiger partial charge in [-0.1, -0.05) is 13.0 Å². The first-order valence-corrected chi connectivity index (χ1v) is 9.90. The van der Waals surface area contributed by atoms with Crippen molar-refractivity contribution in [2.45, 2.75) is 24.3 Å². The van der Waals surface area contributed by atoms with Gasteiger partial charge in [-0.05, 0) is 12.5 Å². The third-order valence-corrected chi connectivity index (χ3v) is 7.34. The van der Waals surface area contributed by atoms with E-state index in [0.717, 1.165) is 10.4 Å². The van der Waals surface area contributed by atoms with Gasteiger partial charge in [-0.2, -0.15) is 4.31 Å². The van der Waals surface area contributed by atoms with E-state index in [9.17, 15) is 26.9 Å². The van der Waals surface area contributed by atoms with E-state index in [1.807, 2.05) is 0 Å². The molecule has 0 amide bonds. The minimum absolute atomic E-state index is 0.0430. The van der Waals surface area contributed by atoms with E-state index in [4.69, 9.17) is 0 Å². The number of sulfonamides is 1. The van der Waals surface area contributed by atoms with E-state index in [2.05, 4.69) is 0 Å². The fraction of sp³-hybridized carbons (Fsp3) is 0.500. The molecular weight excluding hydrogens is 332 g/mol. The summed E-state index contributed by atoms with van der Waals surface area (Å²) < 4.78 is 49.5. The van der Waals surface area contributed by atoms with Crippen LogP contribution in [0.3, 0.4) is 0 Å². The average Bonchev–Trinajstić information content (AvgIpc) is 2.79. The largest absolute Gasteiger partial charge is 0.270 e. The van der Waals surface area contributed by atoms with Crippen molar-refractivity contribution < 1.29 is 21.8 Å². The fourth-order valence-electron chi connectivity index (χ4n) is 2.52. The zero-order valence-corrected chi connectivity index (χ0v) is 13.5. The Morgan fingerprint density at radius 1 is 1.41 bits per heavy atom. The number of nitro groups is 1. The molecule has 122 valence electrons. The second-order valence-electron chi connectivity index (χ2n) is 5.02. The van der Waals surface area contributed by atoms with Crippen LogP contribution in [-0.2, 0) is 19.9 Å². The highest BCUT2D eigenvalue weighted by Gasteiger charge is 2.38. The average molecular weight is 348 g/mol. The van der Waals surface area contributed by atoms with Gasteiger partial charge in [-0.15, -0.1) is 0 Å². The lowest BCUT2D eigenvalue weighted by Gasteiger charge is -2.25. The summed E-state index contributed by atoms with van der Waals surface area (Å²) in [5.41, 5.74) is -0.323. The van der Waals surface area contributed by atoms with Gasteiger partial charge in [0.2, 0.25) is 10.0 Å². The van der Waals surface area contributed by atoms with Crippen molar-refractivity contribution in [2.24, 2.45) is 0 Å².